The molecule has 0 aliphatic carbocycles. The minimum absolute atomic E-state index is 0.230. The molecule has 1 aliphatic rings. The van der Waals surface area contributed by atoms with Crippen LogP contribution in [0.5, 0.6) is 0 Å². The zero-order valence-electron chi connectivity index (χ0n) is 10.2. The van der Waals surface area contributed by atoms with E-state index in [2.05, 4.69) is 17.2 Å². The smallest absolute Gasteiger partial charge is 0.141 e. The second-order valence-corrected chi connectivity index (χ2v) is 5.72. The molecule has 1 fully saturated rings. The molecule has 1 aliphatic heterocycles. The Hall–Kier alpha value is -0.610. The minimum atomic E-state index is -0.244. The summed E-state index contributed by atoms with van der Waals surface area (Å²) in [4.78, 5) is 3.96. The van der Waals surface area contributed by atoms with Gasteiger partial charge in [-0.05, 0) is 36.8 Å². The second-order valence-electron chi connectivity index (χ2n) is 4.38. The first-order chi connectivity index (χ1) is 8.31. The third kappa shape index (κ3) is 3.42. The Morgan fingerprint density at radius 1 is 1.53 bits per heavy atom. The van der Waals surface area contributed by atoms with Gasteiger partial charge in [0, 0.05) is 17.5 Å². The first kappa shape index (κ1) is 12.8. The van der Waals surface area contributed by atoms with Crippen LogP contribution in [0.2, 0.25) is 0 Å². The lowest BCUT2D eigenvalue weighted by Crippen LogP contribution is -2.31. The van der Waals surface area contributed by atoms with Crippen molar-refractivity contribution >= 4 is 11.8 Å². The van der Waals surface area contributed by atoms with Crippen molar-refractivity contribution in [1.82, 2.24) is 10.3 Å². The molecule has 94 valence electrons. The van der Waals surface area contributed by atoms with Gasteiger partial charge in [0.05, 0.1) is 6.20 Å². The highest BCUT2D eigenvalue weighted by Gasteiger charge is 2.25. The van der Waals surface area contributed by atoms with Gasteiger partial charge in [-0.3, -0.25) is 4.98 Å². The Morgan fingerprint density at radius 2 is 2.41 bits per heavy atom. The van der Waals surface area contributed by atoms with Crippen LogP contribution >= 0.6 is 11.8 Å². The molecule has 1 aromatic heterocycles. The lowest BCUT2D eigenvalue weighted by molar-refractivity contribution is 0.486. The van der Waals surface area contributed by atoms with Crippen LogP contribution in [-0.4, -0.2) is 22.5 Å². The highest BCUT2D eigenvalue weighted by atomic mass is 32.2. The SMILES string of the molecule is CCNC(c1cncc(F)c1)C1CCCCS1. The molecule has 0 bridgehead atoms. The first-order valence-corrected chi connectivity index (χ1v) is 7.31. The summed E-state index contributed by atoms with van der Waals surface area (Å²) in [5.41, 5.74) is 0.978. The predicted molar refractivity (Wildman–Crippen MR) is 70.7 cm³/mol. The normalized spacial score (nSPS) is 22.4. The number of nitrogens with zero attached hydrogens (tertiary/aromatic N) is 1. The zero-order valence-corrected chi connectivity index (χ0v) is 11.0. The van der Waals surface area contributed by atoms with E-state index in [1.807, 2.05) is 11.8 Å². The van der Waals surface area contributed by atoms with Gasteiger partial charge in [-0.25, -0.2) is 4.39 Å². The molecule has 0 spiro atoms. The number of aromatic nitrogens is 1. The van der Waals surface area contributed by atoms with Crippen LogP contribution in [0.4, 0.5) is 4.39 Å². The van der Waals surface area contributed by atoms with Gasteiger partial charge in [-0.2, -0.15) is 11.8 Å². The topological polar surface area (TPSA) is 24.9 Å². The number of hydrogen-bond donors (Lipinski definition) is 1. The highest BCUT2D eigenvalue weighted by Crippen LogP contribution is 2.34. The number of pyridine rings is 1. The Labute approximate surface area is 106 Å². The molecule has 0 aromatic carbocycles. The largest absolute Gasteiger partial charge is 0.309 e. The molecule has 2 nitrogen and oxygen atoms in total. The Bertz CT molecular complexity index is 353. The average molecular weight is 254 g/mol. The molecule has 1 N–H and O–H groups in total. The number of hydrogen-bond acceptors (Lipinski definition) is 3. The van der Waals surface area contributed by atoms with Gasteiger partial charge >= 0.3 is 0 Å². The van der Waals surface area contributed by atoms with Crippen LogP contribution in [0.25, 0.3) is 0 Å². The highest BCUT2D eigenvalue weighted by molar-refractivity contribution is 8.00. The van der Waals surface area contributed by atoms with Gasteiger partial charge in [-0.1, -0.05) is 13.3 Å². The summed E-state index contributed by atoms with van der Waals surface area (Å²) in [6.45, 7) is 2.99. The summed E-state index contributed by atoms with van der Waals surface area (Å²) in [5, 5.41) is 4.02. The summed E-state index contributed by atoms with van der Waals surface area (Å²) in [6.07, 6.45) is 6.84. The second kappa shape index (κ2) is 6.36. The van der Waals surface area contributed by atoms with Gasteiger partial charge < -0.3 is 5.32 Å². The van der Waals surface area contributed by atoms with E-state index >= 15 is 0 Å². The maximum atomic E-state index is 13.2. The predicted octanol–water partition coefficient (Wildman–Crippen LogP) is 3.16. The molecule has 0 saturated carbocycles. The number of halogens is 1. The van der Waals surface area contributed by atoms with Crippen molar-refractivity contribution < 1.29 is 4.39 Å². The van der Waals surface area contributed by atoms with Crippen molar-refractivity contribution in [3.63, 3.8) is 0 Å². The van der Waals surface area contributed by atoms with E-state index in [-0.39, 0.29) is 11.9 Å². The fourth-order valence-corrected chi connectivity index (χ4v) is 3.76. The van der Waals surface area contributed by atoms with Gasteiger partial charge in [0.2, 0.25) is 0 Å². The van der Waals surface area contributed by atoms with Gasteiger partial charge in [-0.15, -0.1) is 0 Å². The van der Waals surface area contributed by atoms with Crippen molar-refractivity contribution in [2.45, 2.75) is 37.5 Å². The summed E-state index contributed by atoms with van der Waals surface area (Å²) in [6, 6.07) is 1.84. The maximum absolute atomic E-state index is 13.2. The third-order valence-corrected chi connectivity index (χ3v) is 4.56. The van der Waals surface area contributed by atoms with Crippen LogP contribution in [-0.2, 0) is 0 Å². The van der Waals surface area contributed by atoms with Crippen LogP contribution in [0.3, 0.4) is 0 Å². The lowest BCUT2D eigenvalue weighted by atomic mass is 10.0. The Balaban J connectivity index is 2.15. The van der Waals surface area contributed by atoms with E-state index in [4.69, 9.17) is 0 Å². The quantitative estimate of drug-likeness (QED) is 0.893. The Morgan fingerprint density at radius 3 is 3.06 bits per heavy atom. The van der Waals surface area contributed by atoms with Crippen LogP contribution in [0.15, 0.2) is 18.5 Å². The molecule has 0 amide bonds. The fourth-order valence-electron chi connectivity index (χ4n) is 2.31. The third-order valence-electron chi connectivity index (χ3n) is 3.10. The van der Waals surface area contributed by atoms with Crippen molar-refractivity contribution in [3.8, 4) is 0 Å². The number of rotatable bonds is 4. The summed E-state index contributed by atoms with van der Waals surface area (Å²) >= 11 is 2.00. The van der Waals surface area contributed by atoms with Gasteiger partial charge in [0.25, 0.3) is 0 Å². The molecule has 2 atom stereocenters. The molecule has 2 heterocycles. The van der Waals surface area contributed by atoms with E-state index in [0.717, 1.165) is 12.1 Å². The first-order valence-electron chi connectivity index (χ1n) is 6.26. The molecule has 2 rings (SSSR count). The van der Waals surface area contributed by atoms with Crippen molar-refractivity contribution in [2.24, 2.45) is 0 Å². The number of thioether (sulfide) groups is 1. The van der Waals surface area contributed by atoms with E-state index in [1.165, 1.54) is 31.2 Å². The zero-order chi connectivity index (χ0) is 12.1. The standard InChI is InChI=1S/C13H19FN2S/c1-2-16-13(12-5-3-4-6-17-12)10-7-11(14)9-15-8-10/h7-9,12-13,16H,2-6H2,1H3. The Kier molecular flexibility index (Phi) is 4.80. The molecular formula is C13H19FN2S. The van der Waals surface area contributed by atoms with Crippen molar-refractivity contribution in [1.29, 1.82) is 0 Å². The summed E-state index contributed by atoms with van der Waals surface area (Å²) in [7, 11) is 0. The lowest BCUT2D eigenvalue weighted by Gasteiger charge is -2.30. The molecular weight excluding hydrogens is 235 g/mol. The summed E-state index contributed by atoms with van der Waals surface area (Å²) < 4.78 is 13.2. The van der Waals surface area contributed by atoms with Crippen LogP contribution in [0.1, 0.15) is 37.8 Å². The van der Waals surface area contributed by atoms with Crippen LogP contribution < -0.4 is 5.32 Å². The molecule has 2 unspecified atom stereocenters. The van der Waals surface area contributed by atoms with E-state index in [9.17, 15) is 4.39 Å². The summed E-state index contributed by atoms with van der Waals surface area (Å²) in [5.74, 6) is 0.973. The van der Waals surface area contributed by atoms with Gasteiger partial charge in [0.1, 0.15) is 5.82 Å². The van der Waals surface area contributed by atoms with Crippen molar-refractivity contribution in [3.05, 3.63) is 29.8 Å². The maximum Gasteiger partial charge on any atom is 0.141 e. The van der Waals surface area contributed by atoms with Crippen molar-refractivity contribution in [2.75, 3.05) is 12.3 Å². The fraction of sp³-hybridized carbons (Fsp3) is 0.615. The van der Waals surface area contributed by atoms with E-state index in [0.29, 0.717) is 5.25 Å². The number of nitrogens with one attached hydrogen (secondary N) is 1. The molecule has 1 aromatic rings. The van der Waals surface area contributed by atoms with E-state index < -0.39 is 0 Å². The van der Waals surface area contributed by atoms with E-state index in [1.54, 1.807) is 12.3 Å². The molecule has 4 heteroatoms. The molecule has 17 heavy (non-hydrogen) atoms. The minimum Gasteiger partial charge on any atom is -0.309 e. The van der Waals surface area contributed by atoms with Gasteiger partial charge in [0.15, 0.2) is 0 Å². The average Bonchev–Trinajstić information content (AvgIpc) is 2.37. The monoisotopic (exact) mass is 254 g/mol. The molecule has 0 radical (unpaired) electrons. The molecule has 1 saturated heterocycles. The van der Waals surface area contributed by atoms with Crippen LogP contribution in [0, 0.1) is 5.82 Å².